The van der Waals surface area contributed by atoms with E-state index in [-0.39, 0.29) is 0 Å². The molecule has 0 spiro atoms. The van der Waals surface area contributed by atoms with E-state index in [0.717, 1.165) is 21.0 Å². The molecule has 24 heavy (non-hydrogen) atoms. The predicted molar refractivity (Wildman–Crippen MR) is 94.9 cm³/mol. The fourth-order valence-electron chi connectivity index (χ4n) is 2.82. The van der Waals surface area contributed by atoms with Gasteiger partial charge in [0.25, 0.3) is 0 Å². The number of halogens is 1. The van der Waals surface area contributed by atoms with Gasteiger partial charge in [0.1, 0.15) is 5.75 Å². The molecule has 0 aliphatic carbocycles. The maximum absolute atomic E-state index is 12.3. The van der Waals surface area contributed by atoms with Crippen LogP contribution in [0.5, 0.6) is 5.75 Å². The molecule has 0 fully saturated rings. The average Bonchev–Trinajstić information content (AvgIpc) is 2.85. The summed E-state index contributed by atoms with van der Waals surface area (Å²) in [5.74, 6) is -0.0471. The summed E-state index contributed by atoms with van der Waals surface area (Å²) in [5.41, 5.74) is 2.49. The van der Waals surface area contributed by atoms with Crippen molar-refractivity contribution in [2.24, 2.45) is 0 Å². The normalized spacial score (nSPS) is 14.9. The van der Waals surface area contributed by atoms with Gasteiger partial charge in [-0.1, -0.05) is 28.1 Å². The van der Waals surface area contributed by atoms with Crippen LogP contribution in [0.4, 0.5) is 0 Å². The molecular formula is C19H11BrO4. The second-order valence-corrected chi connectivity index (χ2v) is 6.48. The average molecular weight is 383 g/mol. The lowest BCUT2D eigenvalue weighted by Crippen LogP contribution is -2.01. The maximum atomic E-state index is 12.3. The number of carbonyl (C=O) groups is 1. The fourth-order valence-corrected chi connectivity index (χ4v) is 3.08. The minimum absolute atomic E-state index is 0.381. The zero-order valence-electron chi connectivity index (χ0n) is 12.6. The lowest BCUT2D eigenvalue weighted by Gasteiger charge is -2.04. The van der Waals surface area contributed by atoms with Gasteiger partial charge in [-0.05, 0) is 48.4 Å². The number of hydrogen-bond acceptors (Lipinski definition) is 4. The Bertz CT molecular complexity index is 1070. The first kappa shape index (κ1) is 14.9. The van der Waals surface area contributed by atoms with Gasteiger partial charge in [-0.3, -0.25) is 0 Å². The van der Waals surface area contributed by atoms with E-state index in [2.05, 4.69) is 15.9 Å². The molecule has 0 unspecified atom stereocenters. The Morgan fingerprint density at radius 3 is 2.54 bits per heavy atom. The van der Waals surface area contributed by atoms with Gasteiger partial charge in [0.2, 0.25) is 0 Å². The highest BCUT2D eigenvalue weighted by molar-refractivity contribution is 9.10. The third-order valence-electron chi connectivity index (χ3n) is 3.95. The summed E-state index contributed by atoms with van der Waals surface area (Å²) < 4.78 is 11.7. The van der Waals surface area contributed by atoms with Crippen molar-refractivity contribution in [3.8, 4) is 5.75 Å². The maximum Gasteiger partial charge on any atom is 0.344 e. The summed E-state index contributed by atoms with van der Waals surface area (Å²) in [6.07, 6.45) is 1.74. The molecule has 1 aliphatic rings. The number of esters is 1. The standard InChI is InChI=1S/C19H11BrO4/c1-10-8-16(21)24-18-13(10)6-7-15-17(18)14(19(22)23-15)9-11-2-4-12(20)5-3-11/h2-9H,1H3. The van der Waals surface area contributed by atoms with Crippen LogP contribution >= 0.6 is 15.9 Å². The van der Waals surface area contributed by atoms with Gasteiger partial charge in [0.05, 0.1) is 11.1 Å². The van der Waals surface area contributed by atoms with Crippen LogP contribution in [-0.4, -0.2) is 5.97 Å². The summed E-state index contributed by atoms with van der Waals surface area (Å²) in [4.78, 5) is 24.1. The topological polar surface area (TPSA) is 56.5 Å². The lowest BCUT2D eigenvalue weighted by molar-refractivity contribution is -0.126. The molecule has 3 aromatic rings. The molecule has 0 atom stereocenters. The van der Waals surface area contributed by atoms with Crippen molar-refractivity contribution in [3.63, 3.8) is 0 Å². The van der Waals surface area contributed by atoms with Crippen LogP contribution in [0, 0.1) is 6.92 Å². The van der Waals surface area contributed by atoms with Gasteiger partial charge in [0.15, 0.2) is 5.58 Å². The van der Waals surface area contributed by atoms with E-state index in [1.165, 1.54) is 6.07 Å². The van der Waals surface area contributed by atoms with Crippen molar-refractivity contribution < 1.29 is 13.9 Å². The Morgan fingerprint density at radius 1 is 1.04 bits per heavy atom. The third-order valence-corrected chi connectivity index (χ3v) is 4.48. The Kier molecular flexibility index (Phi) is 3.39. The fraction of sp³-hybridized carbons (Fsp3) is 0.0526. The molecular weight excluding hydrogens is 372 g/mol. The zero-order valence-corrected chi connectivity index (χ0v) is 14.2. The summed E-state index contributed by atoms with van der Waals surface area (Å²) in [7, 11) is 0. The zero-order chi connectivity index (χ0) is 16.8. The molecule has 0 saturated carbocycles. The smallest absolute Gasteiger partial charge is 0.344 e. The van der Waals surface area contributed by atoms with Gasteiger partial charge in [-0.2, -0.15) is 0 Å². The minimum atomic E-state index is -0.454. The molecule has 4 nitrogen and oxygen atoms in total. The van der Waals surface area contributed by atoms with E-state index < -0.39 is 11.6 Å². The summed E-state index contributed by atoms with van der Waals surface area (Å²) in [5, 5.41) is 0.786. The number of rotatable bonds is 1. The number of hydrogen-bond donors (Lipinski definition) is 0. The van der Waals surface area contributed by atoms with Crippen LogP contribution in [0.1, 0.15) is 16.7 Å². The molecule has 2 heterocycles. The first-order valence-electron chi connectivity index (χ1n) is 7.30. The van der Waals surface area contributed by atoms with Gasteiger partial charge < -0.3 is 9.15 Å². The lowest BCUT2D eigenvalue weighted by atomic mass is 10.00. The van der Waals surface area contributed by atoms with Gasteiger partial charge in [-0.25, -0.2) is 9.59 Å². The van der Waals surface area contributed by atoms with Crippen LogP contribution in [0.2, 0.25) is 0 Å². The molecule has 0 radical (unpaired) electrons. The van der Waals surface area contributed by atoms with Crippen LogP contribution in [0.3, 0.4) is 0 Å². The van der Waals surface area contributed by atoms with Gasteiger partial charge >= 0.3 is 11.6 Å². The predicted octanol–water partition coefficient (Wildman–Crippen LogP) is 4.32. The summed E-state index contributed by atoms with van der Waals surface area (Å²) in [6, 6.07) is 12.5. The number of ether oxygens (including phenoxy) is 1. The van der Waals surface area contributed by atoms with Crippen molar-refractivity contribution in [2.75, 3.05) is 0 Å². The molecule has 0 bridgehead atoms. The molecule has 0 amide bonds. The summed E-state index contributed by atoms with van der Waals surface area (Å²) >= 11 is 3.38. The van der Waals surface area contributed by atoms with E-state index in [1.807, 2.05) is 31.2 Å². The van der Waals surface area contributed by atoms with E-state index in [4.69, 9.17) is 9.15 Å². The minimum Gasteiger partial charge on any atom is -0.422 e. The summed E-state index contributed by atoms with van der Waals surface area (Å²) in [6.45, 7) is 1.83. The molecule has 0 N–H and O–H groups in total. The Labute approximate surface area is 145 Å². The first-order valence-corrected chi connectivity index (χ1v) is 8.09. The van der Waals surface area contributed by atoms with E-state index in [1.54, 1.807) is 18.2 Å². The second kappa shape index (κ2) is 5.46. The third kappa shape index (κ3) is 2.37. The van der Waals surface area contributed by atoms with Crippen LogP contribution < -0.4 is 10.4 Å². The quantitative estimate of drug-likeness (QED) is 0.272. The van der Waals surface area contributed by atoms with Crippen molar-refractivity contribution in [1.29, 1.82) is 0 Å². The van der Waals surface area contributed by atoms with Gasteiger partial charge in [-0.15, -0.1) is 0 Å². The largest absolute Gasteiger partial charge is 0.422 e. The number of aryl methyl sites for hydroxylation is 1. The molecule has 118 valence electrons. The van der Waals surface area contributed by atoms with Crippen LogP contribution in [0.25, 0.3) is 22.6 Å². The monoisotopic (exact) mass is 382 g/mol. The Morgan fingerprint density at radius 2 is 1.79 bits per heavy atom. The van der Waals surface area contributed by atoms with Crippen molar-refractivity contribution in [2.45, 2.75) is 6.92 Å². The number of fused-ring (bicyclic) bond motifs is 3. The highest BCUT2D eigenvalue weighted by atomic mass is 79.9. The van der Waals surface area contributed by atoms with E-state index in [9.17, 15) is 9.59 Å². The first-order chi connectivity index (χ1) is 11.5. The highest BCUT2D eigenvalue weighted by Gasteiger charge is 2.30. The van der Waals surface area contributed by atoms with Crippen LogP contribution in [-0.2, 0) is 4.79 Å². The van der Waals surface area contributed by atoms with E-state index in [0.29, 0.717) is 22.5 Å². The Balaban J connectivity index is 2.00. The molecule has 4 rings (SSSR count). The molecule has 5 heteroatoms. The van der Waals surface area contributed by atoms with E-state index >= 15 is 0 Å². The van der Waals surface area contributed by atoms with Crippen molar-refractivity contribution in [1.82, 2.24) is 0 Å². The molecule has 2 aromatic carbocycles. The molecule has 1 aliphatic heterocycles. The Hall–Kier alpha value is -2.66. The SMILES string of the molecule is Cc1cc(=O)oc2c3c(ccc12)OC(=O)C3=Cc1ccc(Br)cc1. The second-order valence-electron chi connectivity index (χ2n) is 5.56. The van der Waals surface area contributed by atoms with Gasteiger partial charge in [0, 0.05) is 15.9 Å². The van der Waals surface area contributed by atoms with Crippen molar-refractivity contribution in [3.05, 3.63) is 74.0 Å². The number of benzene rings is 2. The number of carbonyl (C=O) groups excluding carboxylic acids is 1. The molecule has 1 aromatic heterocycles. The van der Waals surface area contributed by atoms with Crippen LogP contribution in [0.15, 0.2) is 56.1 Å². The van der Waals surface area contributed by atoms with Crippen molar-refractivity contribution >= 4 is 44.5 Å². The molecule has 0 saturated heterocycles. The highest BCUT2D eigenvalue weighted by Crippen LogP contribution is 2.40.